The summed E-state index contributed by atoms with van der Waals surface area (Å²) < 4.78 is 26.6. The Bertz CT molecular complexity index is 512. The summed E-state index contributed by atoms with van der Waals surface area (Å²) in [6, 6.07) is -0.319. The Morgan fingerprint density at radius 2 is 2.26 bits per heavy atom. The van der Waals surface area contributed by atoms with Crippen LogP contribution in [0.15, 0.2) is 11.2 Å². The van der Waals surface area contributed by atoms with Crippen LogP contribution in [-0.2, 0) is 16.4 Å². The average Bonchev–Trinajstić information content (AvgIpc) is 2.76. The molecule has 0 saturated carbocycles. The number of imidazole rings is 1. The maximum Gasteiger partial charge on any atom is 0.260 e. The lowest BCUT2D eigenvalue weighted by Gasteiger charge is -2.26. The molecule has 19 heavy (non-hydrogen) atoms. The standard InChI is InChI=1S/C12H21N3O3S/c1-2-11-13-8-12(14-11)19(17,18)15-7-5-3-4-6-10(15)9-16/h8,10,16H,2-7,9H2,1H3,(H,13,14). The van der Waals surface area contributed by atoms with Crippen LogP contribution in [-0.4, -0.2) is 47.0 Å². The third-order valence-corrected chi connectivity index (χ3v) is 5.42. The number of aryl methyl sites for hydroxylation is 1. The molecule has 0 aliphatic carbocycles. The quantitative estimate of drug-likeness (QED) is 0.861. The van der Waals surface area contributed by atoms with Gasteiger partial charge in [-0.3, -0.25) is 0 Å². The van der Waals surface area contributed by atoms with Crippen LogP contribution in [0.3, 0.4) is 0 Å². The molecule has 2 rings (SSSR count). The Hall–Kier alpha value is -0.920. The van der Waals surface area contributed by atoms with Gasteiger partial charge < -0.3 is 10.1 Å². The zero-order valence-electron chi connectivity index (χ0n) is 11.2. The second kappa shape index (κ2) is 6.02. The van der Waals surface area contributed by atoms with Gasteiger partial charge in [-0.15, -0.1) is 0 Å². The monoisotopic (exact) mass is 287 g/mol. The minimum Gasteiger partial charge on any atom is -0.395 e. The Kier molecular flexibility index (Phi) is 4.59. The zero-order valence-corrected chi connectivity index (χ0v) is 12.0. The van der Waals surface area contributed by atoms with Gasteiger partial charge in [0.1, 0.15) is 5.82 Å². The van der Waals surface area contributed by atoms with Crippen molar-refractivity contribution < 1.29 is 13.5 Å². The highest BCUT2D eigenvalue weighted by Gasteiger charge is 2.33. The Labute approximate surface area is 113 Å². The molecular weight excluding hydrogens is 266 g/mol. The fourth-order valence-electron chi connectivity index (χ4n) is 2.43. The molecule has 108 valence electrons. The number of nitrogens with zero attached hydrogens (tertiary/aromatic N) is 2. The van der Waals surface area contributed by atoms with E-state index in [1.54, 1.807) is 0 Å². The number of aromatic nitrogens is 2. The topological polar surface area (TPSA) is 86.3 Å². The lowest BCUT2D eigenvalue weighted by Crippen LogP contribution is -2.42. The second-order valence-electron chi connectivity index (χ2n) is 4.85. The second-order valence-corrected chi connectivity index (χ2v) is 6.71. The van der Waals surface area contributed by atoms with Crippen molar-refractivity contribution in [2.75, 3.05) is 13.2 Å². The van der Waals surface area contributed by atoms with Crippen molar-refractivity contribution in [3.05, 3.63) is 12.0 Å². The maximum absolute atomic E-state index is 12.6. The van der Waals surface area contributed by atoms with Crippen molar-refractivity contribution in [2.24, 2.45) is 0 Å². The molecule has 6 nitrogen and oxygen atoms in total. The van der Waals surface area contributed by atoms with Crippen molar-refractivity contribution >= 4 is 10.0 Å². The van der Waals surface area contributed by atoms with E-state index in [0.29, 0.717) is 25.2 Å². The molecule has 1 atom stereocenters. The molecule has 1 saturated heterocycles. The highest BCUT2D eigenvalue weighted by molar-refractivity contribution is 7.89. The number of aliphatic hydroxyl groups excluding tert-OH is 1. The Morgan fingerprint density at radius 1 is 1.47 bits per heavy atom. The highest BCUT2D eigenvalue weighted by Crippen LogP contribution is 2.23. The van der Waals surface area contributed by atoms with Crippen LogP contribution in [0.4, 0.5) is 0 Å². The summed E-state index contributed by atoms with van der Waals surface area (Å²) in [5.74, 6) is 0.661. The first-order valence-electron chi connectivity index (χ1n) is 6.76. The number of rotatable bonds is 4. The van der Waals surface area contributed by atoms with E-state index in [0.717, 1.165) is 19.3 Å². The molecule has 7 heteroatoms. The van der Waals surface area contributed by atoms with E-state index in [1.807, 2.05) is 6.92 Å². The first-order chi connectivity index (χ1) is 9.09. The van der Waals surface area contributed by atoms with Gasteiger partial charge >= 0.3 is 0 Å². The molecule has 0 spiro atoms. The van der Waals surface area contributed by atoms with E-state index >= 15 is 0 Å². The lowest BCUT2D eigenvalue weighted by molar-refractivity contribution is 0.186. The van der Waals surface area contributed by atoms with Gasteiger partial charge in [0.15, 0.2) is 5.03 Å². The summed E-state index contributed by atoms with van der Waals surface area (Å²) in [5, 5.41) is 9.55. The Morgan fingerprint density at radius 3 is 2.89 bits per heavy atom. The number of nitrogens with one attached hydrogen (secondary N) is 1. The van der Waals surface area contributed by atoms with Gasteiger partial charge in [-0.05, 0) is 12.8 Å². The van der Waals surface area contributed by atoms with Gasteiger partial charge in [0.25, 0.3) is 10.0 Å². The molecule has 1 fully saturated rings. The van der Waals surface area contributed by atoms with Gasteiger partial charge in [0, 0.05) is 19.0 Å². The number of aliphatic hydroxyl groups is 1. The van der Waals surface area contributed by atoms with Gasteiger partial charge in [0.05, 0.1) is 12.8 Å². The van der Waals surface area contributed by atoms with Crippen LogP contribution in [0, 0.1) is 0 Å². The number of sulfonamides is 1. The SMILES string of the molecule is CCc1ncc(S(=O)(=O)N2CCCCCC2CO)[nH]1. The van der Waals surface area contributed by atoms with Gasteiger partial charge in [-0.2, -0.15) is 4.31 Å². The minimum atomic E-state index is -3.58. The fourth-order valence-corrected chi connectivity index (χ4v) is 4.05. The van der Waals surface area contributed by atoms with Crippen molar-refractivity contribution in [3.63, 3.8) is 0 Å². The summed E-state index contributed by atoms with van der Waals surface area (Å²) >= 11 is 0. The summed E-state index contributed by atoms with van der Waals surface area (Å²) in [5.41, 5.74) is 0. The van der Waals surface area contributed by atoms with Crippen LogP contribution in [0.1, 0.15) is 38.4 Å². The molecule has 0 aromatic carbocycles. The number of H-pyrrole nitrogens is 1. The van der Waals surface area contributed by atoms with E-state index in [2.05, 4.69) is 9.97 Å². The normalized spacial score (nSPS) is 22.3. The van der Waals surface area contributed by atoms with Crippen LogP contribution >= 0.6 is 0 Å². The summed E-state index contributed by atoms with van der Waals surface area (Å²) in [6.45, 7) is 2.25. The summed E-state index contributed by atoms with van der Waals surface area (Å²) in [7, 11) is -3.58. The zero-order chi connectivity index (χ0) is 13.9. The number of aromatic amines is 1. The van der Waals surface area contributed by atoms with Crippen LogP contribution in [0.25, 0.3) is 0 Å². The molecular formula is C12H21N3O3S. The fraction of sp³-hybridized carbons (Fsp3) is 0.750. The summed E-state index contributed by atoms with van der Waals surface area (Å²) in [4.78, 5) is 6.89. The lowest BCUT2D eigenvalue weighted by atomic mass is 10.1. The third kappa shape index (κ3) is 2.98. The molecule has 1 aromatic heterocycles. The highest BCUT2D eigenvalue weighted by atomic mass is 32.2. The maximum atomic E-state index is 12.6. The van der Waals surface area contributed by atoms with E-state index in [1.165, 1.54) is 10.5 Å². The molecule has 1 aliphatic heterocycles. The molecule has 0 radical (unpaired) electrons. The molecule has 0 bridgehead atoms. The third-order valence-electron chi connectivity index (χ3n) is 3.56. The van der Waals surface area contributed by atoms with E-state index in [4.69, 9.17) is 0 Å². The average molecular weight is 287 g/mol. The largest absolute Gasteiger partial charge is 0.395 e. The first kappa shape index (κ1) is 14.5. The molecule has 1 aliphatic rings. The molecule has 1 aromatic rings. The van der Waals surface area contributed by atoms with E-state index in [9.17, 15) is 13.5 Å². The van der Waals surface area contributed by atoms with Gasteiger partial charge in [0.2, 0.25) is 0 Å². The Balaban J connectivity index is 2.30. The van der Waals surface area contributed by atoms with Gasteiger partial charge in [-0.25, -0.2) is 13.4 Å². The van der Waals surface area contributed by atoms with E-state index in [-0.39, 0.29) is 17.7 Å². The van der Waals surface area contributed by atoms with Crippen molar-refractivity contribution in [2.45, 2.75) is 50.1 Å². The molecule has 2 heterocycles. The van der Waals surface area contributed by atoms with Crippen LogP contribution in [0.5, 0.6) is 0 Å². The molecule has 2 N–H and O–H groups in total. The number of hydrogen-bond donors (Lipinski definition) is 2. The van der Waals surface area contributed by atoms with Crippen molar-refractivity contribution in [1.29, 1.82) is 0 Å². The summed E-state index contributed by atoms with van der Waals surface area (Å²) in [6.07, 6.45) is 5.55. The van der Waals surface area contributed by atoms with Crippen molar-refractivity contribution in [3.8, 4) is 0 Å². The number of hydrogen-bond acceptors (Lipinski definition) is 4. The van der Waals surface area contributed by atoms with Crippen molar-refractivity contribution in [1.82, 2.24) is 14.3 Å². The first-order valence-corrected chi connectivity index (χ1v) is 8.20. The predicted molar refractivity (Wildman–Crippen MR) is 71.2 cm³/mol. The smallest absolute Gasteiger partial charge is 0.260 e. The van der Waals surface area contributed by atoms with E-state index < -0.39 is 10.0 Å². The molecule has 1 unspecified atom stereocenters. The van der Waals surface area contributed by atoms with Crippen LogP contribution in [0.2, 0.25) is 0 Å². The minimum absolute atomic E-state index is 0.129. The van der Waals surface area contributed by atoms with Crippen LogP contribution < -0.4 is 0 Å². The predicted octanol–water partition coefficient (Wildman–Crippen LogP) is 0.898. The molecule has 0 amide bonds. The van der Waals surface area contributed by atoms with Gasteiger partial charge in [-0.1, -0.05) is 19.8 Å².